The molecule has 108 valence electrons. The number of amides is 2. The zero-order valence-electron chi connectivity index (χ0n) is 11.2. The van der Waals surface area contributed by atoms with E-state index < -0.39 is 5.97 Å². The number of carboxylic acids is 1. The maximum Gasteiger partial charge on any atom is 0.317 e. The molecule has 2 unspecified atom stereocenters. The average Bonchev–Trinajstić information content (AvgIpc) is 2.35. The van der Waals surface area contributed by atoms with Crippen LogP contribution in [0, 0.1) is 11.8 Å². The fourth-order valence-electron chi connectivity index (χ4n) is 2.38. The Labute approximate surface area is 118 Å². The second-order valence-corrected chi connectivity index (χ2v) is 5.63. The van der Waals surface area contributed by atoms with Crippen LogP contribution < -0.4 is 5.32 Å². The van der Waals surface area contributed by atoms with E-state index in [1.165, 1.54) is 0 Å². The molecule has 0 radical (unpaired) electrons. The van der Waals surface area contributed by atoms with Gasteiger partial charge in [-0.05, 0) is 24.7 Å². The predicted molar refractivity (Wildman–Crippen MR) is 74.1 cm³/mol. The Balaban J connectivity index is 2.47. The van der Waals surface area contributed by atoms with Crippen LogP contribution in [0.4, 0.5) is 4.79 Å². The summed E-state index contributed by atoms with van der Waals surface area (Å²) in [6.07, 6.45) is 2.03. The Hall–Kier alpha value is -1.23. The smallest absolute Gasteiger partial charge is 0.317 e. The first-order valence-electron chi connectivity index (χ1n) is 6.48. The van der Waals surface area contributed by atoms with Crippen LogP contribution in [-0.2, 0) is 4.79 Å². The summed E-state index contributed by atoms with van der Waals surface area (Å²) in [7, 11) is 0. The highest BCUT2D eigenvalue weighted by atomic mass is 35.5. The van der Waals surface area contributed by atoms with E-state index in [4.69, 9.17) is 16.7 Å². The molecular formula is C13H21ClN2O3. The molecule has 2 amide bonds. The molecule has 1 aliphatic heterocycles. The van der Waals surface area contributed by atoms with Gasteiger partial charge in [-0.2, -0.15) is 0 Å². The molecule has 1 fully saturated rings. The van der Waals surface area contributed by atoms with Crippen molar-refractivity contribution in [3.63, 3.8) is 0 Å². The molecule has 5 nitrogen and oxygen atoms in total. The lowest BCUT2D eigenvalue weighted by atomic mass is 9.85. The number of urea groups is 1. The molecule has 0 aromatic carbocycles. The number of hydrogen-bond donors (Lipinski definition) is 2. The first kappa shape index (κ1) is 15.8. The Morgan fingerprint density at radius 1 is 1.58 bits per heavy atom. The Morgan fingerprint density at radius 2 is 2.26 bits per heavy atom. The van der Waals surface area contributed by atoms with Gasteiger partial charge in [0.25, 0.3) is 0 Å². The number of nitrogens with one attached hydrogen (secondary N) is 1. The van der Waals surface area contributed by atoms with Crippen molar-refractivity contribution >= 4 is 23.6 Å². The van der Waals surface area contributed by atoms with Gasteiger partial charge in [0.05, 0.1) is 6.54 Å². The first-order valence-corrected chi connectivity index (χ1v) is 6.85. The molecule has 1 aliphatic rings. The number of piperidine rings is 1. The molecule has 2 N–H and O–H groups in total. The zero-order valence-corrected chi connectivity index (χ0v) is 11.9. The molecule has 0 spiro atoms. The lowest BCUT2D eigenvalue weighted by molar-refractivity contribution is -0.138. The van der Waals surface area contributed by atoms with Crippen LogP contribution in [0.15, 0.2) is 11.6 Å². The number of likely N-dealkylation sites (tertiary alicyclic amines) is 1. The van der Waals surface area contributed by atoms with Gasteiger partial charge >= 0.3 is 12.0 Å². The van der Waals surface area contributed by atoms with Gasteiger partial charge in [-0.15, -0.1) is 0 Å². The zero-order chi connectivity index (χ0) is 14.4. The molecule has 0 saturated carbocycles. The molecule has 0 aromatic heterocycles. The van der Waals surface area contributed by atoms with Gasteiger partial charge in [0.1, 0.15) is 0 Å². The van der Waals surface area contributed by atoms with Crippen LogP contribution in [0.2, 0.25) is 0 Å². The molecule has 0 aliphatic carbocycles. The summed E-state index contributed by atoms with van der Waals surface area (Å²) in [6, 6.07) is -0.158. The van der Waals surface area contributed by atoms with E-state index in [9.17, 15) is 9.59 Å². The van der Waals surface area contributed by atoms with Crippen molar-refractivity contribution < 1.29 is 14.7 Å². The van der Waals surface area contributed by atoms with E-state index in [-0.39, 0.29) is 30.8 Å². The van der Waals surface area contributed by atoms with Gasteiger partial charge < -0.3 is 15.3 Å². The number of carbonyl (C=O) groups excluding carboxylic acids is 1. The summed E-state index contributed by atoms with van der Waals surface area (Å²) in [4.78, 5) is 24.3. The molecule has 6 heteroatoms. The molecule has 1 saturated heterocycles. The number of rotatable bonds is 5. The maximum atomic E-state index is 11.9. The van der Waals surface area contributed by atoms with E-state index in [2.05, 4.69) is 11.9 Å². The van der Waals surface area contributed by atoms with E-state index in [0.29, 0.717) is 18.1 Å². The Morgan fingerprint density at radius 3 is 2.84 bits per heavy atom. The van der Waals surface area contributed by atoms with Gasteiger partial charge in [-0.3, -0.25) is 4.79 Å². The fourth-order valence-corrected chi connectivity index (χ4v) is 2.45. The summed E-state index contributed by atoms with van der Waals surface area (Å²) in [5, 5.41) is 11.9. The summed E-state index contributed by atoms with van der Waals surface area (Å²) in [6.45, 7) is 7.01. The first-order chi connectivity index (χ1) is 8.90. The van der Waals surface area contributed by atoms with Crippen molar-refractivity contribution in [2.24, 2.45) is 11.8 Å². The van der Waals surface area contributed by atoms with E-state index >= 15 is 0 Å². The average molecular weight is 289 g/mol. The van der Waals surface area contributed by atoms with Crippen molar-refractivity contribution in [2.75, 3.05) is 19.6 Å². The van der Waals surface area contributed by atoms with E-state index in [1.807, 2.05) is 6.92 Å². The molecule has 1 rings (SSSR count). The summed E-state index contributed by atoms with van der Waals surface area (Å²) >= 11 is 5.60. The van der Waals surface area contributed by atoms with Crippen LogP contribution in [0.3, 0.4) is 0 Å². The third-order valence-electron chi connectivity index (χ3n) is 3.48. The van der Waals surface area contributed by atoms with Gasteiger partial charge in [-0.1, -0.05) is 25.1 Å². The number of nitrogens with zero attached hydrogens (tertiary/aromatic N) is 1. The number of halogens is 1. The van der Waals surface area contributed by atoms with Crippen LogP contribution in [-0.4, -0.2) is 41.6 Å². The van der Waals surface area contributed by atoms with Gasteiger partial charge in [0.2, 0.25) is 0 Å². The minimum absolute atomic E-state index is 0.0797. The molecule has 0 bridgehead atoms. The normalized spacial score (nSPS) is 20.7. The Bertz CT molecular complexity index is 360. The van der Waals surface area contributed by atoms with Gasteiger partial charge in [0.15, 0.2) is 0 Å². The van der Waals surface area contributed by atoms with Crippen molar-refractivity contribution in [1.29, 1.82) is 0 Å². The SMILES string of the molecule is C=C(Cl)CNC(=O)N1CCCC(C(C)CC(=O)O)C1. The molecule has 0 aromatic rings. The second kappa shape index (κ2) is 7.38. The lowest BCUT2D eigenvalue weighted by Gasteiger charge is -2.35. The third kappa shape index (κ3) is 5.51. The van der Waals surface area contributed by atoms with Crippen molar-refractivity contribution in [2.45, 2.75) is 26.2 Å². The van der Waals surface area contributed by atoms with Crippen LogP contribution in [0.25, 0.3) is 0 Å². The molecule has 19 heavy (non-hydrogen) atoms. The molecular weight excluding hydrogens is 268 g/mol. The highest BCUT2D eigenvalue weighted by Crippen LogP contribution is 2.26. The van der Waals surface area contributed by atoms with Gasteiger partial charge in [0, 0.05) is 24.5 Å². The standard InChI is InChI=1S/C13H21ClN2O3/c1-9(6-12(17)18)11-4-3-5-16(8-11)13(19)15-7-10(2)14/h9,11H,2-8H2,1H3,(H,15,19)(H,17,18). The largest absolute Gasteiger partial charge is 0.481 e. The predicted octanol–water partition coefficient (Wildman–Crippen LogP) is 2.27. The van der Waals surface area contributed by atoms with Gasteiger partial charge in [-0.25, -0.2) is 4.79 Å². The monoisotopic (exact) mass is 288 g/mol. The number of carboxylic acid groups (broad SMARTS) is 1. The molecule has 2 atom stereocenters. The van der Waals surface area contributed by atoms with Crippen LogP contribution in [0.1, 0.15) is 26.2 Å². The highest BCUT2D eigenvalue weighted by Gasteiger charge is 2.28. The quantitative estimate of drug-likeness (QED) is 0.815. The molecule has 1 heterocycles. The maximum absolute atomic E-state index is 11.9. The van der Waals surface area contributed by atoms with Crippen molar-refractivity contribution in [3.05, 3.63) is 11.6 Å². The summed E-state index contributed by atoms with van der Waals surface area (Å²) < 4.78 is 0. The topological polar surface area (TPSA) is 69.6 Å². The number of aliphatic carboxylic acids is 1. The van der Waals surface area contributed by atoms with Crippen LogP contribution in [0.5, 0.6) is 0 Å². The summed E-state index contributed by atoms with van der Waals surface area (Å²) in [5.74, 6) is -0.460. The Kier molecular flexibility index (Phi) is 6.15. The third-order valence-corrected chi connectivity index (χ3v) is 3.61. The number of hydrogen-bond acceptors (Lipinski definition) is 2. The van der Waals surface area contributed by atoms with E-state index in [1.54, 1.807) is 4.90 Å². The van der Waals surface area contributed by atoms with Crippen LogP contribution >= 0.6 is 11.6 Å². The fraction of sp³-hybridized carbons (Fsp3) is 0.692. The van der Waals surface area contributed by atoms with Crippen molar-refractivity contribution in [3.8, 4) is 0 Å². The van der Waals surface area contributed by atoms with Crippen molar-refractivity contribution in [1.82, 2.24) is 10.2 Å². The minimum Gasteiger partial charge on any atom is -0.481 e. The lowest BCUT2D eigenvalue weighted by Crippen LogP contribution is -2.47. The van der Waals surface area contributed by atoms with E-state index in [0.717, 1.165) is 12.8 Å². The summed E-state index contributed by atoms with van der Waals surface area (Å²) in [5.41, 5.74) is 0. The highest BCUT2D eigenvalue weighted by molar-refractivity contribution is 6.29. The minimum atomic E-state index is -0.785. The second-order valence-electron chi connectivity index (χ2n) is 5.10. The number of carbonyl (C=O) groups is 2.